The van der Waals surface area contributed by atoms with E-state index >= 15 is 0 Å². The predicted molar refractivity (Wildman–Crippen MR) is 251 cm³/mol. The molecule has 280 valence electrons. The van der Waals surface area contributed by atoms with Gasteiger partial charge in [-0.05, 0) is 108 Å². The zero-order valence-electron chi connectivity index (χ0n) is 33.0. The summed E-state index contributed by atoms with van der Waals surface area (Å²) in [4.78, 5) is 2.54. The van der Waals surface area contributed by atoms with Crippen molar-refractivity contribution in [1.82, 2.24) is 0 Å². The smallest absolute Gasteiger partial charge is 0.0726 e. The second-order valence-electron chi connectivity index (χ2n) is 16.0. The summed E-state index contributed by atoms with van der Waals surface area (Å²) in [6.45, 7) is 0. The Labute approximate surface area is 351 Å². The fourth-order valence-corrected chi connectivity index (χ4v) is 10.4. The number of rotatable bonds is 6. The number of fused-ring (bicyclic) bond motifs is 11. The molecule has 0 aromatic heterocycles. The molecule has 2 aliphatic rings. The Balaban J connectivity index is 1.19. The molecule has 12 rings (SSSR count). The lowest BCUT2D eigenvalue weighted by atomic mass is 9.70. The summed E-state index contributed by atoms with van der Waals surface area (Å²) in [5, 5.41) is 2.43. The van der Waals surface area contributed by atoms with Gasteiger partial charge in [0.1, 0.15) is 0 Å². The molecule has 0 N–H and O–H groups in total. The van der Waals surface area contributed by atoms with E-state index < -0.39 is 5.41 Å². The molecule has 0 heterocycles. The molecule has 0 saturated heterocycles. The second kappa shape index (κ2) is 13.7. The standard InChI is InChI=1S/C59H39N/c1-4-18-40(19-5-1)44-33-36-56(51(38-44)41-20-6-2-7-21-41)60(57-37-32-42-22-10-11-25-46(42)58(57)43-23-8-3-9-24-43)45-34-35-50-49-28-14-17-31-54(49)59(55(50)39-45)52-29-15-12-26-47(52)48-27-13-16-30-53(48)59/h1-39H. The summed E-state index contributed by atoms with van der Waals surface area (Å²) in [6, 6.07) is 87.4. The summed E-state index contributed by atoms with van der Waals surface area (Å²) < 4.78 is 0. The molecule has 0 atom stereocenters. The van der Waals surface area contributed by atoms with E-state index in [4.69, 9.17) is 0 Å². The Bertz CT molecular complexity index is 3190. The van der Waals surface area contributed by atoms with Gasteiger partial charge in [-0.2, -0.15) is 0 Å². The minimum absolute atomic E-state index is 0.466. The first-order valence-electron chi connectivity index (χ1n) is 20.8. The molecular formula is C59H39N. The monoisotopic (exact) mass is 761 g/mol. The second-order valence-corrected chi connectivity index (χ2v) is 16.0. The fraction of sp³-hybridized carbons (Fsp3) is 0.0169. The van der Waals surface area contributed by atoms with Crippen LogP contribution in [0.4, 0.5) is 17.1 Å². The largest absolute Gasteiger partial charge is 0.309 e. The van der Waals surface area contributed by atoms with Crippen molar-refractivity contribution < 1.29 is 0 Å². The molecule has 60 heavy (non-hydrogen) atoms. The summed E-state index contributed by atoms with van der Waals surface area (Å²) in [5.41, 5.74) is 20.5. The van der Waals surface area contributed by atoms with Crippen molar-refractivity contribution in [3.63, 3.8) is 0 Å². The molecule has 0 unspecified atom stereocenters. The topological polar surface area (TPSA) is 3.24 Å². The van der Waals surface area contributed by atoms with Crippen molar-refractivity contribution in [1.29, 1.82) is 0 Å². The SMILES string of the molecule is c1ccc(-c2ccc(N(c3ccc4c(c3)C3(c5ccccc5-c5ccccc53)c3ccccc3-4)c3ccc4ccccc4c3-c3ccccc3)c(-c3ccccc3)c2)cc1. The number of benzene rings is 10. The van der Waals surface area contributed by atoms with Crippen LogP contribution in [0.5, 0.6) is 0 Å². The Morgan fingerprint density at radius 1 is 0.283 bits per heavy atom. The third-order valence-corrected chi connectivity index (χ3v) is 12.9. The number of anilines is 3. The van der Waals surface area contributed by atoms with Crippen LogP contribution in [0.15, 0.2) is 237 Å². The van der Waals surface area contributed by atoms with Crippen molar-refractivity contribution in [3.05, 3.63) is 259 Å². The third-order valence-electron chi connectivity index (χ3n) is 12.9. The summed E-state index contributed by atoms with van der Waals surface area (Å²) in [6.07, 6.45) is 0. The first kappa shape index (κ1) is 34.3. The van der Waals surface area contributed by atoms with E-state index in [1.807, 2.05) is 0 Å². The van der Waals surface area contributed by atoms with Crippen LogP contribution in [0.3, 0.4) is 0 Å². The van der Waals surface area contributed by atoms with Gasteiger partial charge in [-0.25, -0.2) is 0 Å². The minimum atomic E-state index is -0.466. The van der Waals surface area contributed by atoms with Gasteiger partial charge in [-0.3, -0.25) is 0 Å². The van der Waals surface area contributed by atoms with E-state index in [9.17, 15) is 0 Å². The highest BCUT2D eigenvalue weighted by atomic mass is 15.1. The first-order valence-corrected chi connectivity index (χ1v) is 20.8. The molecule has 0 aliphatic heterocycles. The highest BCUT2D eigenvalue weighted by Gasteiger charge is 2.51. The first-order chi connectivity index (χ1) is 29.8. The van der Waals surface area contributed by atoms with Gasteiger partial charge in [0.15, 0.2) is 0 Å². The molecule has 1 spiro atoms. The van der Waals surface area contributed by atoms with Gasteiger partial charge >= 0.3 is 0 Å². The number of hydrogen-bond acceptors (Lipinski definition) is 1. The average molecular weight is 762 g/mol. The highest BCUT2D eigenvalue weighted by molar-refractivity contribution is 6.07. The van der Waals surface area contributed by atoms with E-state index in [0.29, 0.717) is 0 Å². The van der Waals surface area contributed by atoms with Gasteiger partial charge in [0.05, 0.1) is 16.8 Å². The van der Waals surface area contributed by atoms with Crippen molar-refractivity contribution >= 4 is 27.8 Å². The Morgan fingerprint density at radius 3 is 1.42 bits per heavy atom. The number of hydrogen-bond donors (Lipinski definition) is 0. The van der Waals surface area contributed by atoms with E-state index in [-0.39, 0.29) is 0 Å². The van der Waals surface area contributed by atoms with Crippen LogP contribution in [0, 0.1) is 0 Å². The van der Waals surface area contributed by atoms with Crippen molar-refractivity contribution in [2.75, 3.05) is 4.90 Å². The van der Waals surface area contributed by atoms with Crippen LogP contribution in [0.2, 0.25) is 0 Å². The lowest BCUT2D eigenvalue weighted by Crippen LogP contribution is -2.26. The van der Waals surface area contributed by atoms with Crippen LogP contribution in [-0.2, 0) is 5.41 Å². The summed E-state index contributed by atoms with van der Waals surface area (Å²) in [7, 11) is 0. The molecule has 0 saturated carbocycles. The Kier molecular flexibility index (Phi) is 7.83. The maximum atomic E-state index is 2.54. The Morgan fingerprint density at radius 2 is 0.783 bits per heavy atom. The van der Waals surface area contributed by atoms with E-state index in [1.54, 1.807) is 0 Å². The summed E-state index contributed by atoms with van der Waals surface area (Å²) >= 11 is 0. The average Bonchev–Trinajstić information content (AvgIpc) is 3.79. The molecule has 0 fully saturated rings. The molecule has 0 amide bonds. The lowest BCUT2D eigenvalue weighted by Gasteiger charge is -2.34. The number of nitrogens with zero attached hydrogens (tertiary/aromatic N) is 1. The van der Waals surface area contributed by atoms with Crippen LogP contribution < -0.4 is 4.90 Å². The molecule has 10 aromatic carbocycles. The van der Waals surface area contributed by atoms with Gasteiger partial charge in [0, 0.05) is 16.8 Å². The van der Waals surface area contributed by atoms with Gasteiger partial charge in [-0.15, -0.1) is 0 Å². The molecule has 1 heteroatoms. The Hall–Kier alpha value is -7.74. The van der Waals surface area contributed by atoms with E-state index in [1.165, 1.54) is 88.7 Å². The van der Waals surface area contributed by atoms with Crippen LogP contribution >= 0.6 is 0 Å². The van der Waals surface area contributed by atoms with Crippen LogP contribution in [0.1, 0.15) is 22.3 Å². The third kappa shape index (κ3) is 5.06. The molecular weight excluding hydrogens is 723 g/mol. The molecule has 2 aliphatic carbocycles. The minimum Gasteiger partial charge on any atom is -0.309 e. The molecule has 1 nitrogen and oxygen atoms in total. The van der Waals surface area contributed by atoms with Crippen molar-refractivity contribution in [2.24, 2.45) is 0 Å². The van der Waals surface area contributed by atoms with Crippen molar-refractivity contribution in [3.8, 4) is 55.6 Å². The van der Waals surface area contributed by atoms with E-state index in [0.717, 1.165) is 17.1 Å². The predicted octanol–water partition coefficient (Wildman–Crippen LogP) is 15.7. The van der Waals surface area contributed by atoms with Gasteiger partial charge in [-0.1, -0.05) is 206 Å². The van der Waals surface area contributed by atoms with E-state index in [2.05, 4.69) is 241 Å². The normalized spacial score (nSPS) is 12.8. The highest BCUT2D eigenvalue weighted by Crippen LogP contribution is 2.63. The fourth-order valence-electron chi connectivity index (χ4n) is 10.4. The maximum absolute atomic E-state index is 2.54. The molecule has 0 radical (unpaired) electrons. The molecule has 10 aromatic rings. The van der Waals surface area contributed by atoms with Gasteiger partial charge in [0.2, 0.25) is 0 Å². The lowest BCUT2D eigenvalue weighted by molar-refractivity contribution is 0.793. The zero-order chi connectivity index (χ0) is 39.6. The summed E-state index contributed by atoms with van der Waals surface area (Å²) in [5.74, 6) is 0. The van der Waals surface area contributed by atoms with Gasteiger partial charge in [0.25, 0.3) is 0 Å². The van der Waals surface area contributed by atoms with Crippen molar-refractivity contribution in [2.45, 2.75) is 5.41 Å². The maximum Gasteiger partial charge on any atom is 0.0726 e. The molecule has 0 bridgehead atoms. The van der Waals surface area contributed by atoms with Crippen LogP contribution in [-0.4, -0.2) is 0 Å². The quantitative estimate of drug-likeness (QED) is 0.163. The van der Waals surface area contributed by atoms with Gasteiger partial charge < -0.3 is 4.90 Å². The zero-order valence-corrected chi connectivity index (χ0v) is 33.0. The van der Waals surface area contributed by atoms with Crippen LogP contribution in [0.25, 0.3) is 66.4 Å².